The van der Waals surface area contributed by atoms with Crippen molar-refractivity contribution in [3.63, 3.8) is 0 Å². The van der Waals surface area contributed by atoms with Crippen LogP contribution < -0.4 is 11.3 Å². The standard InChI is InChI=1S/C13H19BrN2/c14-12-6-3-11(4-7-12)9-13(16-15)8-5-10-1-2-10/h3-4,6-7,10,13,16H,1-2,5,8-9,15H2. The van der Waals surface area contributed by atoms with Crippen LogP contribution in [-0.2, 0) is 6.42 Å². The Morgan fingerprint density at radius 2 is 2.00 bits per heavy atom. The van der Waals surface area contributed by atoms with E-state index in [0.29, 0.717) is 6.04 Å². The van der Waals surface area contributed by atoms with Crippen molar-refractivity contribution in [1.82, 2.24) is 5.43 Å². The zero-order chi connectivity index (χ0) is 11.4. The second-order valence-corrected chi connectivity index (χ2v) is 5.63. The number of benzene rings is 1. The van der Waals surface area contributed by atoms with Gasteiger partial charge in [-0.2, -0.15) is 0 Å². The maximum Gasteiger partial charge on any atom is 0.0251 e. The van der Waals surface area contributed by atoms with Gasteiger partial charge in [0.15, 0.2) is 0 Å². The average Bonchev–Trinajstić information content (AvgIpc) is 3.11. The number of hydrogen-bond acceptors (Lipinski definition) is 2. The summed E-state index contributed by atoms with van der Waals surface area (Å²) in [6.45, 7) is 0. The van der Waals surface area contributed by atoms with Crippen LogP contribution in [0.2, 0.25) is 0 Å². The van der Waals surface area contributed by atoms with E-state index >= 15 is 0 Å². The van der Waals surface area contributed by atoms with E-state index < -0.39 is 0 Å². The van der Waals surface area contributed by atoms with Gasteiger partial charge in [0, 0.05) is 10.5 Å². The smallest absolute Gasteiger partial charge is 0.0251 e. The van der Waals surface area contributed by atoms with Crippen LogP contribution in [0, 0.1) is 5.92 Å². The molecule has 16 heavy (non-hydrogen) atoms. The third-order valence-electron chi connectivity index (χ3n) is 3.25. The van der Waals surface area contributed by atoms with Crippen molar-refractivity contribution in [3.8, 4) is 0 Å². The molecule has 1 aliphatic carbocycles. The summed E-state index contributed by atoms with van der Waals surface area (Å²) in [7, 11) is 0. The summed E-state index contributed by atoms with van der Waals surface area (Å²) in [5, 5.41) is 0. The van der Waals surface area contributed by atoms with E-state index in [4.69, 9.17) is 5.84 Å². The summed E-state index contributed by atoms with van der Waals surface area (Å²) in [5.41, 5.74) is 4.29. The lowest BCUT2D eigenvalue weighted by Gasteiger charge is -2.15. The van der Waals surface area contributed by atoms with E-state index in [0.717, 1.165) is 16.8 Å². The lowest BCUT2D eigenvalue weighted by Crippen LogP contribution is -2.36. The van der Waals surface area contributed by atoms with E-state index in [9.17, 15) is 0 Å². The first-order valence-electron chi connectivity index (χ1n) is 5.98. The van der Waals surface area contributed by atoms with Crippen molar-refractivity contribution < 1.29 is 0 Å². The molecule has 3 N–H and O–H groups in total. The van der Waals surface area contributed by atoms with Crippen LogP contribution in [0.1, 0.15) is 31.2 Å². The fraction of sp³-hybridized carbons (Fsp3) is 0.538. The van der Waals surface area contributed by atoms with E-state index in [1.165, 1.54) is 31.2 Å². The van der Waals surface area contributed by atoms with Gasteiger partial charge in [-0.3, -0.25) is 11.3 Å². The maximum absolute atomic E-state index is 5.60. The molecule has 1 atom stereocenters. The number of rotatable bonds is 6. The van der Waals surface area contributed by atoms with Crippen LogP contribution >= 0.6 is 15.9 Å². The molecule has 1 fully saturated rings. The second kappa shape index (κ2) is 5.80. The summed E-state index contributed by atoms with van der Waals surface area (Å²) < 4.78 is 1.13. The highest BCUT2D eigenvalue weighted by molar-refractivity contribution is 9.10. The van der Waals surface area contributed by atoms with Gasteiger partial charge in [0.2, 0.25) is 0 Å². The molecule has 1 aromatic rings. The van der Waals surface area contributed by atoms with E-state index in [1.54, 1.807) is 0 Å². The molecule has 0 amide bonds. The summed E-state index contributed by atoms with van der Waals surface area (Å²) in [4.78, 5) is 0. The molecule has 3 heteroatoms. The average molecular weight is 283 g/mol. The van der Waals surface area contributed by atoms with Crippen LogP contribution in [0.25, 0.3) is 0 Å². The van der Waals surface area contributed by atoms with E-state index in [2.05, 4.69) is 45.6 Å². The minimum Gasteiger partial charge on any atom is -0.271 e. The molecule has 1 saturated carbocycles. The van der Waals surface area contributed by atoms with Crippen molar-refractivity contribution in [2.45, 2.75) is 38.1 Å². The number of hydrazine groups is 1. The normalized spacial score (nSPS) is 17.4. The van der Waals surface area contributed by atoms with Crippen molar-refractivity contribution in [2.75, 3.05) is 0 Å². The molecule has 0 aromatic heterocycles. The molecule has 0 heterocycles. The molecule has 1 aliphatic rings. The van der Waals surface area contributed by atoms with Gasteiger partial charge in [-0.15, -0.1) is 0 Å². The minimum absolute atomic E-state index is 0.418. The first-order chi connectivity index (χ1) is 7.78. The molecule has 0 aliphatic heterocycles. The Balaban J connectivity index is 1.82. The molecule has 1 unspecified atom stereocenters. The number of halogens is 1. The second-order valence-electron chi connectivity index (χ2n) is 4.71. The van der Waals surface area contributed by atoms with Gasteiger partial charge in [0.1, 0.15) is 0 Å². The largest absolute Gasteiger partial charge is 0.271 e. The Morgan fingerprint density at radius 1 is 1.31 bits per heavy atom. The van der Waals surface area contributed by atoms with Crippen molar-refractivity contribution >= 4 is 15.9 Å². The molecule has 88 valence electrons. The molecule has 2 nitrogen and oxygen atoms in total. The Kier molecular flexibility index (Phi) is 4.38. The van der Waals surface area contributed by atoms with Gasteiger partial charge >= 0.3 is 0 Å². The van der Waals surface area contributed by atoms with Gasteiger partial charge in [-0.05, 0) is 42.9 Å². The Bertz CT molecular complexity index is 319. The van der Waals surface area contributed by atoms with Gasteiger partial charge in [-0.25, -0.2) is 0 Å². The quantitative estimate of drug-likeness (QED) is 0.622. The zero-order valence-electron chi connectivity index (χ0n) is 9.45. The maximum atomic E-state index is 5.60. The van der Waals surface area contributed by atoms with Crippen molar-refractivity contribution in [2.24, 2.45) is 11.8 Å². The third-order valence-corrected chi connectivity index (χ3v) is 3.78. The molecule has 2 rings (SSSR count). The Hall–Kier alpha value is -0.380. The Labute approximate surface area is 106 Å². The molecule has 0 radical (unpaired) electrons. The number of nitrogens with two attached hydrogens (primary N) is 1. The highest BCUT2D eigenvalue weighted by Gasteiger charge is 2.22. The zero-order valence-corrected chi connectivity index (χ0v) is 11.0. The summed E-state index contributed by atoms with van der Waals surface area (Å²) in [6.07, 6.45) is 6.39. The third kappa shape index (κ3) is 3.89. The molecular weight excluding hydrogens is 264 g/mol. The highest BCUT2D eigenvalue weighted by atomic mass is 79.9. The van der Waals surface area contributed by atoms with Gasteiger partial charge in [-0.1, -0.05) is 40.9 Å². The fourth-order valence-corrected chi connectivity index (χ4v) is 2.26. The molecular formula is C13H19BrN2. The SMILES string of the molecule is NNC(CCC1CC1)Cc1ccc(Br)cc1. The summed E-state index contributed by atoms with van der Waals surface area (Å²) in [6, 6.07) is 8.91. The molecule has 0 spiro atoms. The molecule has 0 bridgehead atoms. The first kappa shape index (κ1) is 12.1. The van der Waals surface area contributed by atoms with Gasteiger partial charge in [0.05, 0.1) is 0 Å². The minimum atomic E-state index is 0.418. The predicted molar refractivity (Wildman–Crippen MR) is 70.9 cm³/mol. The van der Waals surface area contributed by atoms with Crippen LogP contribution in [0.15, 0.2) is 28.7 Å². The lowest BCUT2D eigenvalue weighted by atomic mass is 10.0. The van der Waals surface area contributed by atoms with E-state index in [-0.39, 0.29) is 0 Å². The fourth-order valence-electron chi connectivity index (χ4n) is 1.99. The summed E-state index contributed by atoms with van der Waals surface area (Å²) in [5.74, 6) is 6.58. The van der Waals surface area contributed by atoms with Crippen LogP contribution in [-0.4, -0.2) is 6.04 Å². The topological polar surface area (TPSA) is 38.0 Å². The summed E-state index contributed by atoms with van der Waals surface area (Å²) >= 11 is 3.45. The van der Waals surface area contributed by atoms with Crippen LogP contribution in [0.5, 0.6) is 0 Å². The predicted octanol–water partition coefficient (Wildman–Crippen LogP) is 3.01. The van der Waals surface area contributed by atoms with Gasteiger partial charge < -0.3 is 0 Å². The van der Waals surface area contributed by atoms with Crippen LogP contribution in [0.3, 0.4) is 0 Å². The van der Waals surface area contributed by atoms with Crippen molar-refractivity contribution in [1.29, 1.82) is 0 Å². The first-order valence-corrected chi connectivity index (χ1v) is 6.78. The van der Waals surface area contributed by atoms with Crippen LogP contribution in [0.4, 0.5) is 0 Å². The molecule has 0 saturated heterocycles. The number of hydrogen-bond donors (Lipinski definition) is 2. The number of nitrogens with one attached hydrogen (secondary N) is 1. The highest BCUT2D eigenvalue weighted by Crippen LogP contribution is 2.34. The lowest BCUT2D eigenvalue weighted by molar-refractivity contribution is 0.462. The molecule has 1 aromatic carbocycles. The van der Waals surface area contributed by atoms with E-state index in [1.807, 2.05) is 0 Å². The van der Waals surface area contributed by atoms with Crippen molar-refractivity contribution in [3.05, 3.63) is 34.3 Å². The Morgan fingerprint density at radius 3 is 2.56 bits per heavy atom. The monoisotopic (exact) mass is 282 g/mol. The van der Waals surface area contributed by atoms with Gasteiger partial charge in [0.25, 0.3) is 0 Å².